The Morgan fingerprint density at radius 1 is 1.11 bits per heavy atom. The van der Waals surface area contributed by atoms with Crippen molar-refractivity contribution in [3.05, 3.63) is 46.3 Å². The second-order valence-electron chi connectivity index (χ2n) is 6.53. The zero-order chi connectivity index (χ0) is 20.7. The van der Waals surface area contributed by atoms with Crippen molar-refractivity contribution in [3.8, 4) is 0 Å². The Morgan fingerprint density at radius 3 is 2.39 bits per heavy atom. The summed E-state index contributed by atoms with van der Waals surface area (Å²) in [6, 6.07) is 6.19. The van der Waals surface area contributed by atoms with Gasteiger partial charge in [0.25, 0.3) is 5.91 Å². The molecule has 0 aliphatic carbocycles. The van der Waals surface area contributed by atoms with Gasteiger partial charge in [-0.1, -0.05) is 13.8 Å². The van der Waals surface area contributed by atoms with Gasteiger partial charge in [-0.3, -0.25) is 4.79 Å². The van der Waals surface area contributed by atoms with E-state index in [2.05, 4.69) is 5.32 Å². The number of hydrogen-bond acceptors (Lipinski definition) is 7. The molecule has 0 radical (unpaired) electrons. The van der Waals surface area contributed by atoms with Crippen LogP contribution >= 0.6 is 11.3 Å². The average Bonchev–Trinajstić information content (AvgIpc) is 3.02. The van der Waals surface area contributed by atoms with Crippen LogP contribution in [-0.4, -0.2) is 31.1 Å². The molecule has 3 N–H and O–H groups in total. The third-order valence-electron chi connectivity index (χ3n) is 3.71. The molecule has 2 aromatic rings. The zero-order valence-corrected chi connectivity index (χ0v) is 16.9. The number of nitrogens with one attached hydrogen (secondary N) is 1. The van der Waals surface area contributed by atoms with Crippen LogP contribution in [0.2, 0.25) is 0 Å². The van der Waals surface area contributed by atoms with E-state index in [1.54, 1.807) is 19.1 Å². The van der Waals surface area contributed by atoms with Crippen molar-refractivity contribution in [2.45, 2.75) is 27.2 Å². The number of anilines is 2. The molecule has 150 valence electrons. The molecular formula is C20H24N2O5S. The van der Waals surface area contributed by atoms with E-state index < -0.39 is 24.5 Å². The van der Waals surface area contributed by atoms with E-state index in [1.807, 2.05) is 19.2 Å². The smallest absolute Gasteiger partial charge is 0.341 e. The lowest BCUT2D eigenvalue weighted by Gasteiger charge is -2.10. The monoisotopic (exact) mass is 404 g/mol. The molecule has 1 heterocycles. The number of rotatable bonds is 8. The molecule has 2 rings (SSSR count). The van der Waals surface area contributed by atoms with Crippen molar-refractivity contribution >= 4 is 39.9 Å². The van der Waals surface area contributed by atoms with Crippen LogP contribution in [0.4, 0.5) is 10.7 Å². The molecular weight excluding hydrogens is 380 g/mol. The summed E-state index contributed by atoms with van der Waals surface area (Å²) in [6.07, 6.45) is 0.687. The lowest BCUT2D eigenvalue weighted by molar-refractivity contribution is -0.119. The Hall–Kier alpha value is -2.87. The van der Waals surface area contributed by atoms with Crippen molar-refractivity contribution in [1.29, 1.82) is 0 Å². The molecule has 7 nitrogen and oxygen atoms in total. The van der Waals surface area contributed by atoms with E-state index in [0.717, 1.165) is 5.56 Å². The molecule has 1 aromatic heterocycles. The standard InChI is InChI=1S/C20H24N2O5S/c1-4-26-20(25)17-14(9-12(2)3)11-28-18(17)22-16(23)10-27-19(24)13-5-7-15(21)8-6-13/h5-8,11-12H,4,9-10,21H2,1-3H3,(H,22,23). The maximum atomic E-state index is 12.3. The van der Waals surface area contributed by atoms with Gasteiger partial charge in [0, 0.05) is 5.69 Å². The van der Waals surface area contributed by atoms with E-state index in [-0.39, 0.29) is 6.61 Å². The molecule has 1 amide bonds. The Balaban J connectivity index is 2.04. The summed E-state index contributed by atoms with van der Waals surface area (Å²) in [5.41, 5.74) is 7.58. The van der Waals surface area contributed by atoms with Crippen LogP contribution in [0.25, 0.3) is 0 Å². The van der Waals surface area contributed by atoms with Gasteiger partial charge in [-0.05, 0) is 54.5 Å². The van der Waals surface area contributed by atoms with Crippen LogP contribution in [0.3, 0.4) is 0 Å². The molecule has 1 aromatic carbocycles. The van der Waals surface area contributed by atoms with Gasteiger partial charge >= 0.3 is 11.9 Å². The van der Waals surface area contributed by atoms with Gasteiger partial charge < -0.3 is 20.5 Å². The van der Waals surface area contributed by atoms with Gasteiger partial charge in [-0.2, -0.15) is 0 Å². The van der Waals surface area contributed by atoms with Crippen LogP contribution in [0.1, 0.15) is 47.1 Å². The quantitative estimate of drug-likeness (QED) is 0.515. The second kappa shape index (κ2) is 9.89. The van der Waals surface area contributed by atoms with E-state index in [0.29, 0.717) is 34.2 Å². The fourth-order valence-corrected chi connectivity index (χ4v) is 3.48. The van der Waals surface area contributed by atoms with Crippen LogP contribution in [0.5, 0.6) is 0 Å². The number of carbonyl (C=O) groups excluding carboxylic acids is 3. The first-order valence-electron chi connectivity index (χ1n) is 8.91. The van der Waals surface area contributed by atoms with Crippen LogP contribution < -0.4 is 11.1 Å². The number of nitrogen functional groups attached to an aromatic ring is 1. The van der Waals surface area contributed by atoms with Crippen molar-refractivity contribution in [1.82, 2.24) is 0 Å². The SMILES string of the molecule is CCOC(=O)c1c(CC(C)C)csc1NC(=O)COC(=O)c1ccc(N)cc1. The van der Waals surface area contributed by atoms with Crippen molar-refractivity contribution in [2.24, 2.45) is 5.92 Å². The maximum absolute atomic E-state index is 12.3. The predicted octanol–water partition coefficient (Wildman–Crippen LogP) is 3.50. The fraction of sp³-hybridized carbons (Fsp3) is 0.350. The van der Waals surface area contributed by atoms with Gasteiger partial charge in [0.2, 0.25) is 0 Å². The first-order chi connectivity index (χ1) is 13.3. The molecule has 0 saturated heterocycles. The Morgan fingerprint density at radius 2 is 1.79 bits per heavy atom. The van der Waals surface area contributed by atoms with Crippen LogP contribution in [0, 0.1) is 5.92 Å². The van der Waals surface area contributed by atoms with Gasteiger partial charge in [0.05, 0.1) is 17.7 Å². The number of esters is 2. The minimum absolute atomic E-state index is 0.238. The largest absolute Gasteiger partial charge is 0.462 e. The minimum Gasteiger partial charge on any atom is -0.462 e. The fourth-order valence-electron chi connectivity index (χ4n) is 2.50. The Kier molecular flexibility index (Phi) is 7.57. The molecule has 28 heavy (non-hydrogen) atoms. The van der Waals surface area contributed by atoms with Crippen molar-refractivity contribution in [3.63, 3.8) is 0 Å². The van der Waals surface area contributed by atoms with E-state index >= 15 is 0 Å². The molecule has 0 aliphatic heterocycles. The first kappa shape index (κ1) is 21.4. The third kappa shape index (κ3) is 5.82. The lowest BCUT2D eigenvalue weighted by Crippen LogP contribution is -2.22. The summed E-state index contributed by atoms with van der Waals surface area (Å²) in [7, 11) is 0. The summed E-state index contributed by atoms with van der Waals surface area (Å²) in [5.74, 6) is -1.31. The number of hydrogen-bond donors (Lipinski definition) is 2. The molecule has 0 unspecified atom stereocenters. The average molecular weight is 404 g/mol. The number of nitrogens with two attached hydrogens (primary N) is 1. The number of amides is 1. The summed E-state index contributed by atoms with van der Waals surface area (Å²) in [5, 5.41) is 4.87. The Bertz CT molecular complexity index is 843. The third-order valence-corrected chi connectivity index (χ3v) is 4.65. The summed E-state index contributed by atoms with van der Waals surface area (Å²) < 4.78 is 10.1. The van der Waals surface area contributed by atoms with E-state index in [4.69, 9.17) is 15.2 Å². The van der Waals surface area contributed by atoms with Crippen molar-refractivity contribution < 1.29 is 23.9 Å². The minimum atomic E-state index is -0.632. The topological polar surface area (TPSA) is 108 Å². The predicted molar refractivity (Wildman–Crippen MR) is 109 cm³/mol. The molecule has 0 atom stereocenters. The molecule has 0 saturated carbocycles. The highest BCUT2D eigenvalue weighted by atomic mass is 32.1. The van der Waals surface area contributed by atoms with Gasteiger partial charge in [-0.15, -0.1) is 11.3 Å². The number of ether oxygens (including phenoxy) is 2. The molecule has 0 aliphatic rings. The van der Waals surface area contributed by atoms with E-state index in [9.17, 15) is 14.4 Å². The number of carbonyl (C=O) groups is 3. The lowest BCUT2D eigenvalue weighted by atomic mass is 10.0. The van der Waals surface area contributed by atoms with Gasteiger partial charge in [-0.25, -0.2) is 9.59 Å². The molecule has 8 heteroatoms. The highest BCUT2D eigenvalue weighted by molar-refractivity contribution is 7.15. The van der Waals surface area contributed by atoms with Crippen LogP contribution in [0.15, 0.2) is 29.6 Å². The summed E-state index contributed by atoms with van der Waals surface area (Å²) in [6.45, 7) is 5.58. The number of thiophene rings is 1. The zero-order valence-electron chi connectivity index (χ0n) is 16.1. The first-order valence-corrected chi connectivity index (χ1v) is 9.79. The number of benzene rings is 1. The molecule has 0 fully saturated rings. The summed E-state index contributed by atoms with van der Waals surface area (Å²) >= 11 is 1.25. The Labute approximate surface area is 167 Å². The van der Waals surface area contributed by atoms with Gasteiger partial charge in [0.1, 0.15) is 5.00 Å². The highest BCUT2D eigenvalue weighted by Crippen LogP contribution is 2.31. The van der Waals surface area contributed by atoms with Gasteiger partial charge in [0.15, 0.2) is 6.61 Å². The summed E-state index contributed by atoms with van der Waals surface area (Å²) in [4.78, 5) is 36.5. The second-order valence-corrected chi connectivity index (χ2v) is 7.41. The highest BCUT2D eigenvalue weighted by Gasteiger charge is 2.22. The normalized spacial score (nSPS) is 10.6. The van der Waals surface area contributed by atoms with E-state index in [1.165, 1.54) is 23.5 Å². The molecule has 0 bridgehead atoms. The molecule has 0 spiro atoms. The van der Waals surface area contributed by atoms with Crippen molar-refractivity contribution in [2.75, 3.05) is 24.3 Å². The van der Waals surface area contributed by atoms with Crippen LogP contribution in [-0.2, 0) is 20.7 Å². The maximum Gasteiger partial charge on any atom is 0.341 e.